The molecule has 0 aliphatic rings. The number of carboxylic acid groups (broad SMARTS) is 1. The Morgan fingerprint density at radius 3 is 1.74 bits per heavy atom. The molecule has 0 amide bonds. The predicted octanol–water partition coefficient (Wildman–Crippen LogP) is 7.35. The van der Waals surface area contributed by atoms with Crippen LogP contribution in [0, 0.1) is 17.8 Å². The Hall–Kier alpha value is -1.64. The number of sulfonamides is 1. The van der Waals surface area contributed by atoms with Gasteiger partial charge in [-0.1, -0.05) is 6.92 Å². The van der Waals surface area contributed by atoms with Crippen molar-refractivity contribution < 1.29 is 84.3 Å². The van der Waals surface area contributed by atoms with Gasteiger partial charge in [-0.3, -0.25) is 0 Å². The molecule has 276 valence electrons. The molecule has 0 fully saturated rings. The van der Waals surface area contributed by atoms with Crippen molar-refractivity contribution >= 4 is 16.0 Å². The molecule has 6 nitrogen and oxygen atoms in total. The van der Waals surface area contributed by atoms with Crippen LogP contribution in [0.15, 0.2) is 0 Å². The molecular weight excluding hydrogens is 690 g/mol. The van der Waals surface area contributed by atoms with Gasteiger partial charge in [0.15, 0.2) is 6.54 Å². The quantitative estimate of drug-likeness (QED) is 0.0781. The summed E-state index contributed by atoms with van der Waals surface area (Å²) in [6.07, 6.45) is -28.4. The van der Waals surface area contributed by atoms with Gasteiger partial charge in [0.2, 0.25) is 15.7 Å². The van der Waals surface area contributed by atoms with Gasteiger partial charge in [-0.25, -0.2) is 39.9 Å². The minimum absolute atomic E-state index is 0.0578. The smallest absolute Gasteiger partial charge is 0.422 e. The molecule has 0 aromatic carbocycles. The van der Waals surface area contributed by atoms with Gasteiger partial charge in [-0.05, 0) is 32.1 Å². The number of carbonyl (C=O) groups is 1. The monoisotopic (exact) mass is 729 g/mol. The van der Waals surface area contributed by atoms with Gasteiger partial charge in [0, 0.05) is 19.4 Å². The number of aliphatic carboxylic acids is 1. The number of nitrogens with zero attached hydrogens (tertiary/aromatic N) is 1. The fraction of sp³-hybridized carbons (Fsp3) is 0.960. The molecule has 21 heteroatoms. The molecule has 4 atom stereocenters. The maximum atomic E-state index is 14.3. The number of rotatable bonds is 20. The predicted molar refractivity (Wildman–Crippen MR) is 137 cm³/mol. The number of likely N-dealkylation sites (N-methyl/N-ethyl adjacent to an activating group) is 1. The van der Waals surface area contributed by atoms with Gasteiger partial charge in [0.1, 0.15) is 0 Å². The molecule has 0 rings (SSSR count). The van der Waals surface area contributed by atoms with Gasteiger partial charge in [0.05, 0.1) is 51.1 Å². The van der Waals surface area contributed by atoms with Gasteiger partial charge in [-0.15, -0.1) is 0 Å². The number of halogens is 14. The van der Waals surface area contributed by atoms with Crippen molar-refractivity contribution in [2.75, 3.05) is 39.5 Å². The average Bonchev–Trinajstić information content (AvgIpc) is 2.73. The Kier molecular flexibility index (Phi) is 15.2. The molecule has 0 saturated carbocycles. The van der Waals surface area contributed by atoms with Crippen molar-refractivity contribution in [3.8, 4) is 0 Å². The Labute approximate surface area is 257 Å². The average molecular weight is 730 g/mol. The van der Waals surface area contributed by atoms with Crippen LogP contribution in [-0.2, 0) is 14.8 Å². The fourth-order valence-electron chi connectivity index (χ4n) is 4.85. The lowest BCUT2D eigenvalue weighted by molar-refractivity contribution is -0.883. The van der Waals surface area contributed by atoms with E-state index in [1.807, 2.05) is 4.72 Å². The third kappa shape index (κ3) is 17.5. The lowest BCUT2D eigenvalue weighted by Crippen LogP contribution is -2.45. The van der Waals surface area contributed by atoms with Crippen LogP contribution in [0.3, 0.4) is 0 Å². The summed E-state index contributed by atoms with van der Waals surface area (Å²) in [5, 5.41) is 8.84. The molecule has 0 saturated heterocycles. The fourth-order valence-corrected chi connectivity index (χ4v) is 6.04. The largest absolute Gasteiger partial charge is 0.477 e. The van der Waals surface area contributed by atoms with Crippen LogP contribution >= 0.6 is 0 Å². The number of nitrogens with one attached hydrogen (secondary N) is 1. The summed E-state index contributed by atoms with van der Waals surface area (Å²) in [5.41, 5.74) is -4.58. The van der Waals surface area contributed by atoms with E-state index in [-0.39, 0.29) is 37.5 Å². The molecule has 0 aromatic rings. The molecule has 0 aliphatic heterocycles. The third-order valence-corrected chi connectivity index (χ3v) is 8.51. The standard InChI is InChI=1S/C25H38F14N2O4S/c1-16(12-21(27,28)15-22(29,30)14-20(2,26)25(37,38)39)10-18(24(34,35)36)11-17(23(31,32)33)6-9-46(44,45)40-7-5-8-41(3,4)13-19(42)43/h16-18,40H,5-15H2,1-4H3/p+1. The molecule has 2 N–H and O–H groups in total. The Morgan fingerprint density at radius 2 is 1.30 bits per heavy atom. The van der Waals surface area contributed by atoms with E-state index in [1.54, 1.807) is 0 Å². The number of hydrogen-bond acceptors (Lipinski definition) is 3. The second-order valence-electron chi connectivity index (χ2n) is 12.6. The molecule has 4 unspecified atom stereocenters. The van der Waals surface area contributed by atoms with Crippen LogP contribution in [0.4, 0.5) is 61.5 Å². The van der Waals surface area contributed by atoms with Crippen molar-refractivity contribution in [3.63, 3.8) is 0 Å². The zero-order valence-electron chi connectivity index (χ0n) is 25.3. The first-order valence-corrected chi connectivity index (χ1v) is 15.4. The maximum absolute atomic E-state index is 14.3. The van der Waals surface area contributed by atoms with E-state index < -0.39 is 114 Å². The maximum Gasteiger partial charge on any atom is 0.422 e. The normalized spacial score (nSPS) is 17.8. The van der Waals surface area contributed by atoms with Crippen LogP contribution in [0.25, 0.3) is 0 Å². The third-order valence-electron chi connectivity index (χ3n) is 7.09. The number of carboxylic acids is 1. The second kappa shape index (κ2) is 15.7. The first kappa shape index (κ1) is 44.4. The van der Waals surface area contributed by atoms with Crippen LogP contribution < -0.4 is 4.72 Å². The Bertz CT molecular complexity index is 1070. The molecule has 0 radical (unpaired) electrons. The van der Waals surface area contributed by atoms with Crippen LogP contribution in [0.5, 0.6) is 0 Å². The van der Waals surface area contributed by atoms with Crippen molar-refractivity contribution in [3.05, 3.63) is 0 Å². The SMILES string of the molecule is CC(CC(CC(CCS(=O)(=O)NCCC[N+](C)(C)CC(=O)O)C(F)(F)F)C(F)(F)F)CC(F)(F)CC(F)(F)CC(C)(F)C(F)(F)F. The minimum atomic E-state index is -5.84. The van der Waals surface area contributed by atoms with Crippen molar-refractivity contribution in [2.45, 2.75) is 94.8 Å². The van der Waals surface area contributed by atoms with E-state index in [9.17, 15) is 74.7 Å². The highest BCUT2D eigenvalue weighted by Gasteiger charge is 2.59. The summed E-state index contributed by atoms with van der Waals surface area (Å²) in [5.74, 6) is -19.7. The summed E-state index contributed by atoms with van der Waals surface area (Å²) in [7, 11) is -1.42. The molecule has 0 spiro atoms. The molecule has 0 aliphatic carbocycles. The number of hydrogen-bond donors (Lipinski definition) is 2. The molecular formula is C25H39F14N2O4S+. The summed E-state index contributed by atoms with van der Waals surface area (Å²) in [6.45, 7) is -0.127. The van der Waals surface area contributed by atoms with Crippen molar-refractivity contribution in [2.24, 2.45) is 17.8 Å². The van der Waals surface area contributed by atoms with Gasteiger partial charge >= 0.3 is 24.5 Å². The lowest BCUT2D eigenvalue weighted by Gasteiger charge is -2.32. The highest BCUT2D eigenvalue weighted by molar-refractivity contribution is 7.89. The van der Waals surface area contributed by atoms with E-state index in [0.29, 0.717) is 6.92 Å². The van der Waals surface area contributed by atoms with E-state index in [4.69, 9.17) is 5.11 Å². The van der Waals surface area contributed by atoms with Crippen molar-refractivity contribution in [1.82, 2.24) is 4.72 Å². The zero-order valence-corrected chi connectivity index (χ0v) is 26.1. The first-order valence-electron chi connectivity index (χ1n) is 13.8. The van der Waals surface area contributed by atoms with Crippen LogP contribution in [-0.4, -0.2) is 99.5 Å². The highest BCUT2D eigenvalue weighted by Crippen LogP contribution is 2.47. The Morgan fingerprint density at radius 1 is 0.804 bits per heavy atom. The number of quaternary nitrogens is 1. The summed E-state index contributed by atoms with van der Waals surface area (Å²) in [6, 6.07) is 0. The lowest BCUT2D eigenvalue weighted by atomic mass is 9.83. The Balaban J connectivity index is 5.49. The van der Waals surface area contributed by atoms with Gasteiger partial charge in [-0.2, -0.15) is 39.5 Å². The van der Waals surface area contributed by atoms with Gasteiger partial charge < -0.3 is 9.59 Å². The minimum Gasteiger partial charge on any atom is -0.477 e. The molecule has 46 heavy (non-hydrogen) atoms. The summed E-state index contributed by atoms with van der Waals surface area (Å²) < 4.78 is 216. The summed E-state index contributed by atoms with van der Waals surface area (Å²) >= 11 is 0. The number of alkyl halides is 14. The molecule has 0 heterocycles. The van der Waals surface area contributed by atoms with Crippen LogP contribution in [0.1, 0.15) is 58.8 Å². The van der Waals surface area contributed by atoms with E-state index in [0.717, 1.165) is 0 Å². The second-order valence-corrected chi connectivity index (χ2v) is 14.5. The molecule has 0 aromatic heterocycles. The molecule has 0 bridgehead atoms. The van der Waals surface area contributed by atoms with E-state index in [1.165, 1.54) is 14.1 Å². The highest BCUT2D eigenvalue weighted by atomic mass is 32.2. The van der Waals surface area contributed by atoms with Crippen LogP contribution in [0.2, 0.25) is 0 Å². The topological polar surface area (TPSA) is 83.5 Å². The first-order chi connectivity index (χ1) is 20.1. The van der Waals surface area contributed by atoms with E-state index >= 15 is 0 Å². The zero-order chi connectivity index (χ0) is 36.8. The van der Waals surface area contributed by atoms with Gasteiger partial charge in [0.25, 0.3) is 11.8 Å². The summed E-state index contributed by atoms with van der Waals surface area (Å²) in [4.78, 5) is 10.8. The van der Waals surface area contributed by atoms with E-state index in [2.05, 4.69) is 0 Å². The van der Waals surface area contributed by atoms with Crippen molar-refractivity contribution in [1.29, 1.82) is 0 Å².